The van der Waals surface area contributed by atoms with Crippen LogP contribution in [0.2, 0.25) is 0 Å². The zero-order chi connectivity index (χ0) is 10.6. The van der Waals surface area contributed by atoms with E-state index in [1.807, 2.05) is 0 Å². The molecule has 1 aliphatic carbocycles. The zero-order valence-electron chi connectivity index (χ0n) is 10.0. The molecule has 2 aliphatic rings. The van der Waals surface area contributed by atoms with Gasteiger partial charge in [0.2, 0.25) is 0 Å². The number of hydrogen-bond acceptors (Lipinski definition) is 1. The third-order valence-corrected chi connectivity index (χ3v) is 4.03. The van der Waals surface area contributed by atoms with Gasteiger partial charge in [0.1, 0.15) is 5.82 Å². The molecule has 1 aromatic heterocycles. The van der Waals surface area contributed by atoms with Crippen LogP contribution in [0.15, 0.2) is 0 Å². The summed E-state index contributed by atoms with van der Waals surface area (Å²) in [5.41, 5.74) is 3.29. The largest absolute Gasteiger partial charge is 0.331 e. The summed E-state index contributed by atoms with van der Waals surface area (Å²) in [5.74, 6) is 2.01. The maximum absolute atomic E-state index is 4.87. The highest BCUT2D eigenvalue weighted by molar-refractivity contribution is 5.34. The zero-order valence-corrected chi connectivity index (χ0v) is 10.0. The van der Waals surface area contributed by atoms with E-state index in [-0.39, 0.29) is 0 Å². The number of imidazole rings is 1. The van der Waals surface area contributed by atoms with Crippen molar-refractivity contribution < 1.29 is 0 Å². The van der Waals surface area contributed by atoms with Crippen LogP contribution in [0.5, 0.6) is 0 Å². The second-order valence-corrected chi connectivity index (χ2v) is 5.86. The van der Waals surface area contributed by atoms with Crippen molar-refractivity contribution in [2.45, 2.75) is 64.3 Å². The monoisotopic (exact) mass is 204 g/mol. The van der Waals surface area contributed by atoms with Gasteiger partial charge in [-0.1, -0.05) is 20.8 Å². The van der Waals surface area contributed by atoms with Crippen molar-refractivity contribution in [3.05, 3.63) is 17.2 Å². The average Bonchev–Trinajstić information content (AvgIpc) is 2.64. The molecule has 2 heteroatoms. The average molecular weight is 204 g/mol. The molecule has 1 atom stereocenters. The first-order valence-corrected chi connectivity index (χ1v) is 6.19. The Balaban J connectivity index is 2.19. The molecule has 0 saturated heterocycles. The van der Waals surface area contributed by atoms with Crippen molar-refractivity contribution >= 4 is 0 Å². The van der Waals surface area contributed by atoms with Gasteiger partial charge >= 0.3 is 0 Å². The number of aromatic nitrogens is 2. The van der Waals surface area contributed by atoms with Crippen LogP contribution >= 0.6 is 0 Å². The van der Waals surface area contributed by atoms with Crippen LogP contribution in [-0.2, 0) is 18.4 Å². The van der Waals surface area contributed by atoms with E-state index in [9.17, 15) is 0 Å². The molecule has 0 spiro atoms. The molecule has 1 aromatic rings. The summed E-state index contributed by atoms with van der Waals surface area (Å²) in [5, 5.41) is 0. The third-order valence-electron chi connectivity index (χ3n) is 4.03. The molecule has 1 aliphatic heterocycles. The summed E-state index contributed by atoms with van der Waals surface area (Å²) in [6, 6.07) is 0. The Hall–Kier alpha value is -0.790. The fourth-order valence-corrected chi connectivity index (χ4v) is 3.52. The normalized spacial score (nSPS) is 27.5. The van der Waals surface area contributed by atoms with Gasteiger partial charge in [0.15, 0.2) is 0 Å². The molecular formula is C13H20N2. The van der Waals surface area contributed by atoms with Gasteiger partial charge in [0.25, 0.3) is 0 Å². The molecule has 0 saturated carbocycles. The van der Waals surface area contributed by atoms with E-state index in [1.165, 1.54) is 43.7 Å². The lowest BCUT2D eigenvalue weighted by Gasteiger charge is -2.24. The maximum Gasteiger partial charge on any atom is 0.109 e. The lowest BCUT2D eigenvalue weighted by atomic mass is 9.89. The molecule has 2 heterocycles. The molecule has 0 bridgehead atoms. The predicted molar refractivity (Wildman–Crippen MR) is 61.2 cm³/mol. The molecule has 15 heavy (non-hydrogen) atoms. The Morgan fingerprint density at radius 3 is 2.93 bits per heavy atom. The molecule has 1 unspecified atom stereocenters. The van der Waals surface area contributed by atoms with E-state index in [0.29, 0.717) is 11.3 Å². The Bertz CT molecular complexity index is 401. The second kappa shape index (κ2) is 2.87. The first-order valence-electron chi connectivity index (χ1n) is 6.19. The highest BCUT2D eigenvalue weighted by atomic mass is 15.1. The van der Waals surface area contributed by atoms with Crippen molar-refractivity contribution in [1.82, 2.24) is 9.55 Å². The standard InChI is InChI=1S/C13H20N2/c1-9-8-13(2,3)12-11(9)14-10-6-4-5-7-15(10)12/h9H,4-8H2,1-3H3. The molecule has 0 amide bonds. The van der Waals surface area contributed by atoms with Crippen LogP contribution in [-0.4, -0.2) is 9.55 Å². The first-order chi connectivity index (χ1) is 7.09. The lowest BCUT2D eigenvalue weighted by molar-refractivity contribution is 0.423. The van der Waals surface area contributed by atoms with E-state index in [1.54, 1.807) is 5.69 Å². The number of nitrogens with zero attached hydrogens (tertiary/aromatic N) is 2. The summed E-state index contributed by atoms with van der Waals surface area (Å²) in [6.07, 6.45) is 5.12. The van der Waals surface area contributed by atoms with Gasteiger partial charge in [-0.2, -0.15) is 0 Å². The molecular weight excluding hydrogens is 184 g/mol. The Labute approximate surface area is 91.7 Å². The summed E-state index contributed by atoms with van der Waals surface area (Å²) < 4.78 is 2.52. The Morgan fingerprint density at radius 1 is 1.33 bits per heavy atom. The predicted octanol–water partition coefficient (Wildman–Crippen LogP) is 3.00. The quantitative estimate of drug-likeness (QED) is 0.635. The van der Waals surface area contributed by atoms with Gasteiger partial charge in [-0.3, -0.25) is 0 Å². The topological polar surface area (TPSA) is 17.8 Å². The third kappa shape index (κ3) is 1.20. The highest BCUT2D eigenvalue weighted by Crippen LogP contribution is 2.46. The van der Waals surface area contributed by atoms with E-state index < -0.39 is 0 Å². The second-order valence-electron chi connectivity index (χ2n) is 5.86. The minimum absolute atomic E-state index is 0.345. The van der Waals surface area contributed by atoms with Crippen molar-refractivity contribution in [2.75, 3.05) is 0 Å². The summed E-state index contributed by atoms with van der Waals surface area (Å²) in [7, 11) is 0. The fourth-order valence-electron chi connectivity index (χ4n) is 3.52. The maximum atomic E-state index is 4.87. The SMILES string of the molecule is CC1CC(C)(C)c2c1nc1n2CCCC1. The molecule has 3 rings (SSSR count). The van der Waals surface area contributed by atoms with Crippen LogP contribution in [0.3, 0.4) is 0 Å². The van der Waals surface area contributed by atoms with E-state index >= 15 is 0 Å². The summed E-state index contributed by atoms with van der Waals surface area (Å²) in [4.78, 5) is 4.87. The fraction of sp³-hybridized carbons (Fsp3) is 0.769. The van der Waals surface area contributed by atoms with Crippen molar-refractivity contribution in [2.24, 2.45) is 0 Å². The molecule has 0 aromatic carbocycles. The van der Waals surface area contributed by atoms with Crippen LogP contribution in [0, 0.1) is 0 Å². The van der Waals surface area contributed by atoms with Crippen LogP contribution in [0.25, 0.3) is 0 Å². The van der Waals surface area contributed by atoms with Crippen LogP contribution in [0.4, 0.5) is 0 Å². The first kappa shape index (κ1) is 9.44. The van der Waals surface area contributed by atoms with Crippen LogP contribution in [0.1, 0.15) is 63.2 Å². The van der Waals surface area contributed by atoms with Crippen molar-refractivity contribution in [3.63, 3.8) is 0 Å². The summed E-state index contributed by atoms with van der Waals surface area (Å²) in [6.45, 7) is 8.28. The van der Waals surface area contributed by atoms with Crippen molar-refractivity contribution in [1.29, 1.82) is 0 Å². The highest BCUT2D eigenvalue weighted by Gasteiger charge is 2.40. The molecule has 0 N–H and O–H groups in total. The van der Waals surface area contributed by atoms with E-state index in [2.05, 4.69) is 25.3 Å². The number of rotatable bonds is 0. The molecule has 82 valence electrons. The number of aryl methyl sites for hydroxylation is 1. The van der Waals surface area contributed by atoms with Crippen LogP contribution < -0.4 is 0 Å². The van der Waals surface area contributed by atoms with Gasteiger partial charge < -0.3 is 4.57 Å². The minimum atomic E-state index is 0.345. The Kier molecular flexibility index (Phi) is 1.80. The van der Waals surface area contributed by atoms with E-state index in [0.717, 1.165) is 0 Å². The van der Waals surface area contributed by atoms with Gasteiger partial charge in [-0.25, -0.2) is 4.98 Å². The van der Waals surface area contributed by atoms with Crippen molar-refractivity contribution in [3.8, 4) is 0 Å². The molecule has 0 radical (unpaired) electrons. The smallest absolute Gasteiger partial charge is 0.109 e. The molecule has 0 fully saturated rings. The minimum Gasteiger partial charge on any atom is -0.331 e. The Morgan fingerprint density at radius 2 is 2.13 bits per heavy atom. The van der Waals surface area contributed by atoms with Gasteiger partial charge in [0, 0.05) is 30.0 Å². The van der Waals surface area contributed by atoms with Gasteiger partial charge in [-0.05, 0) is 19.3 Å². The van der Waals surface area contributed by atoms with Gasteiger partial charge in [-0.15, -0.1) is 0 Å². The molecule has 2 nitrogen and oxygen atoms in total. The lowest BCUT2D eigenvalue weighted by Crippen LogP contribution is -2.22. The number of fused-ring (bicyclic) bond motifs is 3. The summed E-state index contributed by atoms with van der Waals surface area (Å²) >= 11 is 0. The van der Waals surface area contributed by atoms with Gasteiger partial charge in [0.05, 0.1) is 5.69 Å². The number of hydrogen-bond donors (Lipinski definition) is 0. The van der Waals surface area contributed by atoms with E-state index in [4.69, 9.17) is 4.98 Å².